The molecule has 0 heterocycles. The first-order valence-electron chi connectivity index (χ1n) is 22.9. The van der Waals surface area contributed by atoms with Crippen LogP contribution in [-0.2, 0) is 18.4 Å². The molecule has 0 aliphatic rings. The predicted molar refractivity (Wildman–Crippen MR) is 246 cm³/mol. The maximum absolute atomic E-state index is 12.8. The molecular formula is C49H87N2O6P. The Hall–Kier alpha value is -2.32. The summed E-state index contributed by atoms with van der Waals surface area (Å²) in [5, 5.41) is 13.7. The van der Waals surface area contributed by atoms with Gasteiger partial charge in [-0.1, -0.05) is 163 Å². The van der Waals surface area contributed by atoms with E-state index >= 15 is 0 Å². The van der Waals surface area contributed by atoms with Gasteiger partial charge in [-0.25, -0.2) is 0 Å². The van der Waals surface area contributed by atoms with Crippen LogP contribution in [0.2, 0.25) is 0 Å². The molecule has 0 fully saturated rings. The molecule has 334 valence electrons. The number of carbonyl (C=O) groups is 1. The fraction of sp³-hybridized carbons (Fsp3) is 0.694. The first kappa shape index (κ1) is 55.7. The highest BCUT2D eigenvalue weighted by Gasteiger charge is 2.23. The van der Waals surface area contributed by atoms with E-state index in [1.165, 1.54) is 77.0 Å². The van der Waals surface area contributed by atoms with Crippen LogP contribution in [0.15, 0.2) is 85.1 Å². The van der Waals surface area contributed by atoms with Crippen molar-refractivity contribution in [2.45, 2.75) is 180 Å². The van der Waals surface area contributed by atoms with Crippen LogP contribution in [0.1, 0.15) is 168 Å². The zero-order chi connectivity index (χ0) is 42.8. The normalized spacial score (nSPS) is 15.1. The van der Waals surface area contributed by atoms with Crippen LogP contribution in [0.4, 0.5) is 0 Å². The first-order chi connectivity index (χ1) is 28.0. The molecule has 2 N–H and O–H groups in total. The number of nitrogens with zero attached hydrogens (tertiary/aromatic N) is 1. The van der Waals surface area contributed by atoms with Crippen molar-refractivity contribution in [2.24, 2.45) is 0 Å². The number of phosphoric acid groups is 1. The molecule has 0 radical (unpaired) electrons. The number of phosphoric ester groups is 1. The third kappa shape index (κ3) is 41.8. The van der Waals surface area contributed by atoms with Gasteiger partial charge in [0.25, 0.3) is 7.82 Å². The Bertz CT molecular complexity index is 1220. The number of allylic oxidation sites excluding steroid dienone is 13. The zero-order valence-corrected chi connectivity index (χ0v) is 38.6. The second-order valence-corrected chi connectivity index (χ2v) is 17.8. The SMILES string of the molecule is CC/C=C\C/C=C\C/C=C\C/C=C\CCCCC(=O)NC(COP(=O)([O-])OCC[N+](C)(C)C)C(O)/C=C/CC/C=C/CC/C=C/CCCCCCCCCCCCC. The molecule has 0 aliphatic heterocycles. The Kier molecular flexibility index (Phi) is 38.5. The second-order valence-electron chi connectivity index (χ2n) is 16.4. The van der Waals surface area contributed by atoms with E-state index in [2.05, 4.69) is 92.1 Å². The lowest BCUT2D eigenvalue weighted by molar-refractivity contribution is -0.870. The summed E-state index contributed by atoms with van der Waals surface area (Å²) in [6.07, 6.45) is 55.0. The number of quaternary nitrogens is 1. The van der Waals surface area contributed by atoms with Crippen molar-refractivity contribution in [3.05, 3.63) is 85.1 Å². The number of likely N-dealkylation sites (N-methyl/N-ethyl adjacent to an activating group) is 1. The van der Waals surface area contributed by atoms with Crippen LogP contribution in [0.25, 0.3) is 0 Å². The molecule has 3 atom stereocenters. The summed E-state index contributed by atoms with van der Waals surface area (Å²) < 4.78 is 23.2. The lowest BCUT2D eigenvalue weighted by Crippen LogP contribution is -2.45. The zero-order valence-electron chi connectivity index (χ0n) is 37.7. The molecule has 9 heteroatoms. The van der Waals surface area contributed by atoms with Crippen LogP contribution in [0.3, 0.4) is 0 Å². The minimum atomic E-state index is -4.62. The van der Waals surface area contributed by atoms with Crippen molar-refractivity contribution in [1.82, 2.24) is 5.32 Å². The summed E-state index contributed by atoms with van der Waals surface area (Å²) in [4.78, 5) is 25.3. The molecule has 0 saturated carbocycles. The Morgan fingerprint density at radius 1 is 0.621 bits per heavy atom. The monoisotopic (exact) mass is 831 g/mol. The molecule has 58 heavy (non-hydrogen) atoms. The molecule has 8 nitrogen and oxygen atoms in total. The lowest BCUT2D eigenvalue weighted by Gasteiger charge is -2.29. The quantitative estimate of drug-likeness (QED) is 0.0276. The number of hydrogen-bond donors (Lipinski definition) is 2. The summed E-state index contributed by atoms with van der Waals surface area (Å²) in [5.41, 5.74) is 0. The minimum Gasteiger partial charge on any atom is -0.756 e. The number of aliphatic hydroxyl groups excluding tert-OH is 1. The molecule has 3 unspecified atom stereocenters. The van der Waals surface area contributed by atoms with Crippen molar-refractivity contribution in [3.63, 3.8) is 0 Å². The first-order valence-corrected chi connectivity index (χ1v) is 24.4. The van der Waals surface area contributed by atoms with Gasteiger partial charge in [0.2, 0.25) is 5.91 Å². The van der Waals surface area contributed by atoms with E-state index in [9.17, 15) is 19.4 Å². The molecule has 0 bridgehead atoms. The van der Waals surface area contributed by atoms with E-state index in [0.29, 0.717) is 17.4 Å². The molecule has 0 aliphatic carbocycles. The number of rotatable bonds is 40. The van der Waals surface area contributed by atoms with Crippen LogP contribution >= 0.6 is 7.82 Å². The number of nitrogens with one attached hydrogen (secondary N) is 1. The average Bonchev–Trinajstić information content (AvgIpc) is 3.17. The number of hydrogen-bond acceptors (Lipinski definition) is 6. The van der Waals surface area contributed by atoms with E-state index in [0.717, 1.165) is 64.2 Å². The largest absolute Gasteiger partial charge is 0.756 e. The van der Waals surface area contributed by atoms with E-state index in [-0.39, 0.29) is 18.9 Å². The van der Waals surface area contributed by atoms with Gasteiger partial charge in [0.15, 0.2) is 0 Å². The summed E-state index contributed by atoms with van der Waals surface area (Å²) in [6.45, 7) is 4.45. The smallest absolute Gasteiger partial charge is 0.268 e. The molecule has 0 spiro atoms. The van der Waals surface area contributed by atoms with Crippen LogP contribution in [0.5, 0.6) is 0 Å². The summed E-state index contributed by atoms with van der Waals surface area (Å²) in [7, 11) is 1.19. The molecule has 0 aromatic heterocycles. The Balaban J connectivity index is 4.55. The van der Waals surface area contributed by atoms with Gasteiger partial charge in [-0.05, 0) is 83.5 Å². The summed E-state index contributed by atoms with van der Waals surface area (Å²) >= 11 is 0. The second kappa shape index (κ2) is 40.1. The van der Waals surface area contributed by atoms with E-state index < -0.39 is 26.6 Å². The van der Waals surface area contributed by atoms with Crippen molar-refractivity contribution < 1.29 is 32.9 Å². The molecular weight excluding hydrogens is 744 g/mol. The van der Waals surface area contributed by atoms with Gasteiger partial charge < -0.3 is 28.8 Å². The van der Waals surface area contributed by atoms with Crippen LogP contribution in [-0.4, -0.2) is 68.5 Å². The molecule has 0 saturated heterocycles. The van der Waals surface area contributed by atoms with Gasteiger partial charge in [0.05, 0.1) is 39.9 Å². The number of amides is 1. The topological polar surface area (TPSA) is 108 Å². The molecule has 0 aromatic rings. The molecule has 0 rings (SSSR count). The van der Waals surface area contributed by atoms with E-state index in [1.54, 1.807) is 6.08 Å². The van der Waals surface area contributed by atoms with Crippen LogP contribution in [0, 0.1) is 0 Å². The summed E-state index contributed by atoms with van der Waals surface area (Å²) in [5.74, 6) is -0.256. The van der Waals surface area contributed by atoms with Gasteiger partial charge in [-0.3, -0.25) is 9.36 Å². The maximum Gasteiger partial charge on any atom is 0.268 e. The van der Waals surface area contributed by atoms with Gasteiger partial charge in [0.1, 0.15) is 13.2 Å². The van der Waals surface area contributed by atoms with E-state index in [1.807, 2.05) is 27.2 Å². The Morgan fingerprint density at radius 2 is 1.07 bits per heavy atom. The standard InChI is InChI=1S/C49H87N2O6P/c1-6-8-10-12-14-16-18-20-22-23-24-25-26-27-29-30-32-34-36-38-40-42-48(52)47(46-57-58(54,55)56-45-44-51(3,4)5)50-49(53)43-41-39-37-35-33-31-28-21-19-17-15-13-11-9-7-2/h9,11,15,17,21,26-28,32-35,40,42,47-48,52H,6-8,10,12-14,16,18-20,22-25,29-31,36-39,41,43-46H2,1-5H3,(H-,50,53,54,55)/b11-9-,17-15-,27-26+,28-21-,34-32+,35-33-,42-40+. The van der Waals surface area contributed by atoms with E-state index in [4.69, 9.17) is 9.05 Å². The summed E-state index contributed by atoms with van der Waals surface area (Å²) in [6, 6.07) is -0.935. The van der Waals surface area contributed by atoms with Crippen molar-refractivity contribution >= 4 is 13.7 Å². The van der Waals surface area contributed by atoms with Crippen molar-refractivity contribution in [1.29, 1.82) is 0 Å². The van der Waals surface area contributed by atoms with Crippen molar-refractivity contribution in [2.75, 3.05) is 40.9 Å². The fourth-order valence-corrected chi connectivity index (χ4v) is 6.66. The predicted octanol–water partition coefficient (Wildman–Crippen LogP) is 12.3. The highest BCUT2D eigenvalue weighted by Crippen LogP contribution is 2.38. The van der Waals surface area contributed by atoms with Gasteiger partial charge >= 0.3 is 0 Å². The highest BCUT2D eigenvalue weighted by atomic mass is 31.2. The number of aliphatic hydroxyl groups is 1. The molecule has 1 amide bonds. The van der Waals surface area contributed by atoms with Gasteiger partial charge in [-0.15, -0.1) is 0 Å². The van der Waals surface area contributed by atoms with Crippen molar-refractivity contribution in [3.8, 4) is 0 Å². The maximum atomic E-state index is 12.8. The fourth-order valence-electron chi connectivity index (χ4n) is 5.94. The lowest BCUT2D eigenvalue weighted by atomic mass is 10.1. The average molecular weight is 831 g/mol. The third-order valence-electron chi connectivity index (χ3n) is 9.57. The Morgan fingerprint density at radius 3 is 1.60 bits per heavy atom. The minimum absolute atomic E-state index is 0.0215. The van der Waals surface area contributed by atoms with Gasteiger partial charge in [0, 0.05) is 6.42 Å². The van der Waals surface area contributed by atoms with Crippen LogP contribution < -0.4 is 10.2 Å². The Labute approximate surface area is 356 Å². The number of carbonyl (C=O) groups excluding carboxylic acids is 1. The highest BCUT2D eigenvalue weighted by molar-refractivity contribution is 7.45. The third-order valence-corrected chi connectivity index (χ3v) is 10.5. The molecule has 0 aromatic carbocycles. The number of unbranched alkanes of at least 4 members (excludes halogenated alkanes) is 15. The van der Waals surface area contributed by atoms with Gasteiger partial charge in [-0.2, -0.15) is 0 Å².